The SMILES string of the molecule is COc1cc(C=O)c(Cl)cc1OCC(=O)NC(C)(C)C. The van der Waals surface area contributed by atoms with Crippen molar-refractivity contribution in [1.82, 2.24) is 5.32 Å². The van der Waals surface area contributed by atoms with Gasteiger partial charge in [0.2, 0.25) is 0 Å². The molecule has 5 nitrogen and oxygen atoms in total. The van der Waals surface area contributed by atoms with Crippen LogP contribution >= 0.6 is 11.6 Å². The van der Waals surface area contributed by atoms with Gasteiger partial charge in [0.25, 0.3) is 5.91 Å². The lowest BCUT2D eigenvalue weighted by atomic mass is 10.1. The lowest BCUT2D eigenvalue weighted by Crippen LogP contribution is -2.43. The summed E-state index contributed by atoms with van der Waals surface area (Å²) in [6.07, 6.45) is 0.626. The van der Waals surface area contributed by atoms with Gasteiger partial charge < -0.3 is 14.8 Å². The summed E-state index contributed by atoms with van der Waals surface area (Å²) in [5, 5.41) is 3.01. The zero-order chi connectivity index (χ0) is 15.3. The molecule has 1 rings (SSSR count). The van der Waals surface area contributed by atoms with E-state index < -0.39 is 0 Å². The predicted octanol–water partition coefficient (Wildman–Crippen LogP) is 2.45. The number of ether oxygens (including phenoxy) is 2. The van der Waals surface area contributed by atoms with Gasteiger partial charge in [-0.05, 0) is 26.8 Å². The van der Waals surface area contributed by atoms with Gasteiger partial charge in [-0.25, -0.2) is 0 Å². The smallest absolute Gasteiger partial charge is 0.258 e. The van der Waals surface area contributed by atoms with Gasteiger partial charge in [-0.3, -0.25) is 9.59 Å². The zero-order valence-corrected chi connectivity index (χ0v) is 12.7. The standard InChI is InChI=1S/C14H18ClNO4/c1-14(2,3)16-13(18)8-20-12-6-10(15)9(7-17)5-11(12)19-4/h5-7H,8H2,1-4H3,(H,16,18). The highest BCUT2D eigenvalue weighted by atomic mass is 35.5. The van der Waals surface area contributed by atoms with Crippen molar-refractivity contribution < 1.29 is 19.1 Å². The van der Waals surface area contributed by atoms with Crippen molar-refractivity contribution in [3.05, 3.63) is 22.7 Å². The molecule has 0 atom stereocenters. The van der Waals surface area contributed by atoms with Crippen molar-refractivity contribution in [2.45, 2.75) is 26.3 Å². The van der Waals surface area contributed by atoms with Crippen molar-refractivity contribution >= 4 is 23.8 Å². The van der Waals surface area contributed by atoms with E-state index in [2.05, 4.69) is 5.32 Å². The highest BCUT2D eigenvalue weighted by Crippen LogP contribution is 2.32. The summed E-state index contributed by atoms with van der Waals surface area (Å²) in [6, 6.07) is 2.92. The number of rotatable bonds is 5. The number of amides is 1. The molecule has 0 aromatic heterocycles. The molecule has 0 fully saturated rings. The number of halogens is 1. The van der Waals surface area contributed by atoms with Crippen LogP contribution < -0.4 is 14.8 Å². The molecule has 0 unspecified atom stereocenters. The lowest BCUT2D eigenvalue weighted by molar-refractivity contribution is -0.124. The third kappa shape index (κ3) is 4.74. The van der Waals surface area contributed by atoms with Gasteiger partial charge in [-0.1, -0.05) is 11.6 Å². The Morgan fingerprint density at radius 3 is 2.50 bits per heavy atom. The minimum absolute atomic E-state index is 0.162. The molecule has 1 amide bonds. The minimum Gasteiger partial charge on any atom is -0.493 e. The van der Waals surface area contributed by atoms with E-state index in [0.29, 0.717) is 23.3 Å². The zero-order valence-electron chi connectivity index (χ0n) is 12.0. The molecule has 6 heteroatoms. The van der Waals surface area contributed by atoms with Gasteiger partial charge in [0.1, 0.15) is 0 Å². The second kappa shape index (κ2) is 6.61. The predicted molar refractivity (Wildman–Crippen MR) is 76.8 cm³/mol. The molecule has 20 heavy (non-hydrogen) atoms. The van der Waals surface area contributed by atoms with Crippen molar-refractivity contribution in [2.24, 2.45) is 0 Å². The van der Waals surface area contributed by atoms with E-state index in [0.717, 1.165) is 0 Å². The Morgan fingerprint density at radius 1 is 1.35 bits per heavy atom. The summed E-state index contributed by atoms with van der Waals surface area (Å²) < 4.78 is 10.5. The van der Waals surface area contributed by atoms with Gasteiger partial charge >= 0.3 is 0 Å². The average Bonchev–Trinajstić information content (AvgIpc) is 2.34. The summed E-state index contributed by atoms with van der Waals surface area (Å²) >= 11 is 5.91. The molecule has 0 aliphatic heterocycles. The van der Waals surface area contributed by atoms with E-state index in [9.17, 15) is 9.59 Å². The van der Waals surface area contributed by atoms with E-state index in [1.54, 1.807) is 0 Å². The molecular weight excluding hydrogens is 282 g/mol. The normalized spacial score (nSPS) is 10.8. The number of carbonyl (C=O) groups is 2. The van der Waals surface area contributed by atoms with Crippen molar-refractivity contribution in [3.8, 4) is 11.5 Å². The molecule has 0 saturated heterocycles. The minimum atomic E-state index is -0.330. The summed E-state index contributed by atoms with van der Waals surface area (Å²) in [7, 11) is 1.44. The third-order valence-corrected chi connectivity index (χ3v) is 2.61. The molecule has 1 aromatic carbocycles. The number of benzene rings is 1. The fourth-order valence-electron chi connectivity index (χ4n) is 1.51. The first kappa shape index (κ1) is 16.3. The van der Waals surface area contributed by atoms with Gasteiger partial charge in [-0.2, -0.15) is 0 Å². The van der Waals surface area contributed by atoms with Crippen LogP contribution in [-0.2, 0) is 4.79 Å². The van der Waals surface area contributed by atoms with E-state index in [1.165, 1.54) is 19.2 Å². The molecule has 110 valence electrons. The Labute approximate surface area is 123 Å². The fourth-order valence-corrected chi connectivity index (χ4v) is 1.71. The third-order valence-electron chi connectivity index (χ3n) is 2.28. The monoisotopic (exact) mass is 299 g/mol. The number of hydrogen-bond donors (Lipinski definition) is 1. The molecular formula is C14H18ClNO4. The summed E-state index contributed by atoms with van der Waals surface area (Å²) in [6.45, 7) is 5.47. The maximum absolute atomic E-state index is 11.7. The number of aldehydes is 1. The van der Waals surface area contributed by atoms with Crippen molar-refractivity contribution in [2.75, 3.05) is 13.7 Å². The number of hydrogen-bond acceptors (Lipinski definition) is 4. The maximum atomic E-state index is 11.7. The van der Waals surface area contributed by atoms with Crippen LogP contribution in [0.2, 0.25) is 5.02 Å². The lowest BCUT2D eigenvalue weighted by Gasteiger charge is -2.20. The topological polar surface area (TPSA) is 64.6 Å². The highest BCUT2D eigenvalue weighted by molar-refractivity contribution is 6.33. The van der Waals surface area contributed by atoms with E-state index in [1.807, 2.05) is 20.8 Å². The first-order valence-corrected chi connectivity index (χ1v) is 6.41. The molecule has 0 aliphatic carbocycles. The summed E-state index contributed by atoms with van der Waals surface area (Å²) in [5.74, 6) is 0.405. The Balaban J connectivity index is 2.80. The van der Waals surface area contributed by atoms with Crippen molar-refractivity contribution in [3.63, 3.8) is 0 Å². The van der Waals surface area contributed by atoms with Crippen LogP contribution in [-0.4, -0.2) is 31.4 Å². The molecule has 0 aliphatic rings. The Morgan fingerprint density at radius 2 is 2.00 bits per heavy atom. The van der Waals surface area contributed by atoms with E-state index >= 15 is 0 Å². The molecule has 0 spiro atoms. The van der Waals surface area contributed by atoms with Crippen molar-refractivity contribution in [1.29, 1.82) is 0 Å². The Bertz CT molecular complexity index is 509. The molecule has 0 bridgehead atoms. The van der Waals surface area contributed by atoms with Crippen LogP contribution in [0.25, 0.3) is 0 Å². The van der Waals surface area contributed by atoms with Gasteiger partial charge in [-0.15, -0.1) is 0 Å². The largest absolute Gasteiger partial charge is 0.493 e. The van der Waals surface area contributed by atoms with Crippen LogP contribution in [0.3, 0.4) is 0 Å². The first-order chi connectivity index (χ1) is 9.26. The molecule has 1 N–H and O–H groups in total. The first-order valence-electron chi connectivity index (χ1n) is 6.03. The number of carbonyl (C=O) groups excluding carboxylic acids is 2. The van der Waals surface area contributed by atoms with Crippen LogP contribution in [0.4, 0.5) is 0 Å². The van der Waals surface area contributed by atoms with Gasteiger partial charge in [0.15, 0.2) is 24.4 Å². The van der Waals surface area contributed by atoms with Gasteiger partial charge in [0.05, 0.1) is 12.1 Å². The molecule has 0 saturated carbocycles. The molecule has 0 heterocycles. The van der Waals surface area contributed by atoms with E-state index in [4.69, 9.17) is 21.1 Å². The Kier molecular flexibility index (Phi) is 5.39. The quantitative estimate of drug-likeness (QED) is 0.848. The molecule has 0 radical (unpaired) electrons. The second-order valence-corrected chi connectivity index (χ2v) is 5.64. The Hall–Kier alpha value is -1.75. The van der Waals surface area contributed by atoms with Crippen LogP contribution in [0.15, 0.2) is 12.1 Å². The van der Waals surface area contributed by atoms with E-state index in [-0.39, 0.29) is 23.1 Å². The highest BCUT2D eigenvalue weighted by Gasteiger charge is 2.16. The molecule has 1 aromatic rings. The van der Waals surface area contributed by atoms with Gasteiger partial charge in [0, 0.05) is 17.2 Å². The van der Waals surface area contributed by atoms with Crippen LogP contribution in [0.5, 0.6) is 11.5 Å². The maximum Gasteiger partial charge on any atom is 0.258 e. The van der Waals surface area contributed by atoms with Crippen LogP contribution in [0, 0.1) is 0 Å². The summed E-state index contributed by atoms with van der Waals surface area (Å²) in [4.78, 5) is 22.5. The van der Waals surface area contributed by atoms with Crippen LogP contribution in [0.1, 0.15) is 31.1 Å². The number of methoxy groups -OCH3 is 1. The second-order valence-electron chi connectivity index (χ2n) is 5.23. The average molecular weight is 300 g/mol. The summed E-state index contributed by atoms with van der Waals surface area (Å²) in [5.41, 5.74) is -0.0289. The fraction of sp³-hybridized carbons (Fsp3) is 0.429. The number of nitrogens with one attached hydrogen (secondary N) is 1.